The molecule has 40 heavy (non-hydrogen) atoms. The molecule has 1 atom stereocenters. The third-order valence-electron chi connectivity index (χ3n) is 7.42. The fourth-order valence-corrected chi connectivity index (χ4v) is 6.13. The molecule has 0 saturated heterocycles. The Morgan fingerprint density at radius 2 is 1.55 bits per heavy atom. The third kappa shape index (κ3) is 7.12. The summed E-state index contributed by atoms with van der Waals surface area (Å²) in [6.07, 6.45) is 4.60. The number of hydrogen-bond donors (Lipinski definition) is 1. The zero-order chi connectivity index (χ0) is 27.9. The number of nitrogens with one attached hydrogen (secondary N) is 1. The summed E-state index contributed by atoms with van der Waals surface area (Å²) in [7, 11) is 0. The Kier molecular flexibility index (Phi) is 9.55. The van der Waals surface area contributed by atoms with Gasteiger partial charge < -0.3 is 15.0 Å². The first kappa shape index (κ1) is 28.4. The van der Waals surface area contributed by atoms with Gasteiger partial charge in [0.05, 0.1) is 4.47 Å². The van der Waals surface area contributed by atoms with Crippen LogP contribution in [0.15, 0.2) is 99.9 Å². The SMILES string of the molecule is O=C(NC1CCCC1)[C@@H](Cc1ccccc1)N(Cc1ccc(Br)cc1)C(=O)COc1ccc2ccccc2c1Br. The number of rotatable bonds is 10. The second-order valence-electron chi connectivity index (χ2n) is 10.2. The quantitative estimate of drug-likeness (QED) is 0.192. The summed E-state index contributed by atoms with van der Waals surface area (Å²) in [4.78, 5) is 29.4. The monoisotopic (exact) mass is 662 g/mol. The smallest absolute Gasteiger partial charge is 0.261 e. The predicted octanol–water partition coefficient (Wildman–Crippen LogP) is 7.44. The Balaban J connectivity index is 1.43. The number of benzene rings is 4. The van der Waals surface area contributed by atoms with Gasteiger partial charge in [0.2, 0.25) is 5.91 Å². The van der Waals surface area contributed by atoms with Crippen molar-refractivity contribution in [3.63, 3.8) is 0 Å². The van der Waals surface area contributed by atoms with Crippen LogP contribution in [0.1, 0.15) is 36.8 Å². The van der Waals surface area contributed by atoms with Crippen molar-refractivity contribution in [2.75, 3.05) is 6.61 Å². The second kappa shape index (κ2) is 13.5. The number of amides is 2. The van der Waals surface area contributed by atoms with Gasteiger partial charge in [0, 0.05) is 23.5 Å². The van der Waals surface area contributed by atoms with Gasteiger partial charge in [0.25, 0.3) is 5.91 Å². The lowest BCUT2D eigenvalue weighted by atomic mass is 10.0. The number of carbonyl (C=O) groups is 2. The van der Waals surface area contributed by atoms with E-state index in [0.29, 0.717) is 18.7 Å². The van der Waals surface area contributed by atoms with E-state index in [9.17, 15) is 9.59 Å². The van der Waals surface area contributed by atoms with Gasteiger partial charge >= 0.3 is 0 Å². The topological polar surface area (TPSA) is 58.6 Å². The summed E-state index contributed by atoms with van der Waals surface area (Å²) in [5.74, 6) is 0.226. The standard InChI is InChI=1S/C33H32Br2N2O3/c34-26-17-14-24(15-18-26)21-37(31(38)22-40-30-19-16-25-10-4-7-13-28(25)32(30)35)29(20-23-8-2-1-3-9-23)33(39)36-27-11-5-6-12-27/h1-4,7-10,13-19,27,29H,5-6,11-12,20-22H2,(H,36,39)/t29-/m1/s1. The van der Waals surface area contributed by atoms with E-state index in [2.05, 4.69) is 37.2 Å². The lowest BCUT2D eigenvalue weighted by Gasteiger charge is -2.32. The molecule has 1 saturated carbocycles. The second-order valence-corrected chi connectivity index (χ2v) is 11.9. The summed E-state index contributed by atoms with van der Waals surface area (Å²) < 4.78 is 7.84. The van der Waals surface area contributed by atoms with Crippen LogP contribution < -0.4 is 10.1 Å². The number of hydrogen-bond acceptors (Lipinski definition) is 3. The van der Waals surface area contributed by atoms with E-state index < -0.39 is 6.04 Å². The summed E-state index contributed by atoms with van der Waals surface area (Å²) >= 11 is 7.15. The Labute approximate surface area is 252 Å². The van der Waals surface area contributed by atoms with E-state index in [0.717, 1.165) is 56.5 Å². The van der Waals surface area contributed by atoms with Crippen LogP contribution in [-0.2, 0) is 22.6 Å². The number of ether oxygens (including phenoxy) is 1. The molecule has 2 amide bonds. The minimum Gasteiger partial charge on any atom is -0.483 e. The molecule has 1 aliphatic carbocycles. The maximum absolute atomic E-state index is 13.9. The molecule has 0 aromatic heterocycles. The minimum absolute atomic E-state index is 0.117. The van der Waals surface area contributed by atoms with E-state index in [1.807, 2.05) is 91.0 Å². The van der Waals surface area contributed by atoms with Gasteiger partial charge in [-0.1, -0.05) is 102 Å². The zero-order valence-corrected chi connectivity index (χ0v) is 25.4. The summed E-state index contributed by atoms with van der Waals surface area (Å²) in [6, 6.07) is 29.0. The lowest BCUT2D eigenvalue weighted by Crippen LogP contribution is -2.53. The Morgan fingerprint density at radius 1 is 0.850 bits per heavy atom. The first-order valence-electron chi connectivity index (χ1n) is 13.7. The molecule has 0 heterocycles. The van der Waals surface area contributed by atoms with Gasteiger partial charge in [-0.2, -0.15) is 0 Å². The van der Waals surface area contributed by atoms with E-state index in [4.69, 9.17) is 4.74 Å². The molecular weight excluding hydrogens is 632 g/mol. The first-order chi connectivity index (χ1) is 19.5. The number of carbonyl (C=O) groups excluding carboxylic acids is 2. The van der Waals surface area contributed by atoms with Crippen molar-refractivity contribution in [3.8, 4) is 5.75 Å². The van der Waals surface area contributed by atoms with Crippen molar-refractivity contribution < 1.29 is 14.3 Å². The number of halogens is 2. The normalized spacial score (nSPS) is 14.2. The van der Waals surface area contributed by atoms with Gasteiger partial charge in [-0.15, -0.1) is 0 Å². The van der Waals surface area contributed by atoms with Crippen LogP contribution in [0.3, 0.4) is 0 Å². The van der Waals surface area contributed by atoms with Gasteiger partial charge in [-0.3, -0.25) is 9.59 Å². The van der Waals surface area contributed by atoms with Crippen LogP contribution in [0, 0.1) is 0 Å². The molecule has 1 fully saturated rings. The van der Waals surface area contributed by atoms with Crippen LogP contribution in [-0.4, -0.2) is 35.4 Å². The minimum atomic E-state index is -0.678. The van der Waals surface area contributed by atoms with E-state index in [1.165, 1.54) is 0 Å². The zero-order valence-electron chi connectivity index (χ0n) is 22.2. The van der Waals surface area contributed by atoms with Crippen molar-refractivity contribution in [3.05, 3.63) is 111 Å². The molecule has 4 aromatic carbocycles. The molecule has 0 aliphatic heterocycles. The van der Waals surface area contributed by atoms with Crippen LogP contribution in [0.4, 0.5) is 0 Å². The molecule has 5 rings (SSSR count). The average Bonchev–Trinajstić information content (AvgIpc) is 3.49. The number of nitrogens with zero attached hydrogens (tertiary/aromatic N) is 1. The third-order valence-corrected chi connectivity index (χ3v) is 8.76. The van der Waals surface area contributed by atoms with Crippen LogP contribution in [0.2, 0.25) is 0 Å². The van der Waals surface area contributed by atoms with Crippen LogP contribution in [0.5, 0.6) is 5.75 Å². The van der Waals surface area contributed by atoms with Crippen molar-refractivity contribution in [2.24, 2.45) is 0 Å². The lowest BCUT2D eigenvalue weighted by molar-refractivity contribution is -0.143. The molecule has 5 nitrogen and oxygen atoms in total. The van der Waals surface area contributed by atoms with Gasteiger partial charge in [-0.05, 0) is 68.9 Å². The average molecular weight is 664 g/mol. The maximum Gasteiger partial charge on any atom is 0.261 e. The molecule has 1 N–H and O–H groups in total. The fraction of sp³-hybridized carbons (Fsp3) is 0.273. The Hall–Kier alpha value is -3.16. The molecule has 0 bridgehead atoms. The first-order valence-corrected chi connectivity index (χ1v) is 15.2. The Bertz CT molecular complexity index is 1450. The Morgan fingerprint density at radius 3 is 2.30 bits per heavy atom. The molecule has 206 valence electrons. The predicted molar refractivity (Wildman–Crippen MR) is 166 cm³/mol. The largest absolute Gasteiger partial charge is 0.483 e. The molecular formula is C33H32Br2N2O3. The van der Waals surface area contributed by atoms with E-state index in [1.54, 1.807) is 4.90 Å². The highest BCUT2D eigenvalue weighted by atomic mass is 79.9. The highest BCUT2D eigenvalue weighted by molar-refractivity contribution is 9.11. The van der Waals surface area contributed by atoms with Gasteiger partial charge in [0.1, 0.15) is 11.8 Å². The van der Waals surface area contributed by atoms with Crippen LogP contribution in [0.25, 0.3) is 10.8 Å². The highest BCUT2D eigenvalue weighted by Crippen LogP contribution is 2.33. The maximum atomic E-state index is 13.9. The molecule has 0 radical (unpaired) electrons. The molecule has 0 spiro atoms. The highest BCUT2D eigenvalue weighted by Gasteiger charge is 2.32. The van der Waals surface area contributed by atoms with E-state index >= 15 is 0 Å². The van der Waals surface area contributed by atoms with E-state index in [-0.39, 0.29) is 24.5 Å². The van der Waals surface area contributed by atoms with Gasteiger partial charge in [0.15, 0.2) is 6.61 Å². The number of fused-ring (bicyclic) bond motifs is 1. The van der Waals surface area contributed by atoms with Crippen LogP contribution >= 0.6 is 31.9 Å². The van der Waals surface area contributed by atoms with Gasteiger partial charge in [-0.25, -0.2) is 0 Å². The molecule has 1 aliphatic rings. The molecule has 7 heteroatoms. The van der Waals surface area contributed by atoms with Crippen molar-refractivity contribution in [1.29, 1.82) is 0 Å². The van der Waals surface area contributed by atoms with Crippen molar-refractivity contribution in [2.45, 2.75) is 50.7 Å². The van der Waals surface area contributed by atoms with Crippen molar-refractivity contribution in [1.82, 2.24) is 10.2 Å². The molecule has 0 unspecified atom stereocenters. The fourth-order valence-electron chi connectivity index (χ4n) is 5.26. The van der Waals surface area contributed by atoms with Crippen molar-refractivity contribution >= 4 is 54.4 Å². The summed E-state index contributed by atoms with van der Waals surface area (Å²) in [6.45, 7) is 0.111. The summed E-state index contributed by atoms with van der Waals surface area (Å²) in [5, 5.41) is 5.34. The summed E-state index contributed by atoms with van der Waals surface area (Å²) in [5.41, 5.74) is 1.94. The molecule has 4 aromatic rings.